The number of hydrogen-bond donors (Lipinski definition) is 2. The fraction of sp³-hybridized carbons (Fsp3) is 0.567. The Hall–Kier alpha value is -2.73. The first-order chi connectivity index (χ1) is 16.7. The second kappa shape index (κ2) is 7.41. The summed E-state index contributed by atoms with van der Waals surface area (Å²) in [6.45, 7) is 11.8. The van der Waals surface area contributed by atoms with Crippen molar-refractivity contribution < 1.29 is 29.3 Å². The molecule has 5 aliphatic rings. The van der Waals surface area contributed by atoms with Gasteiger partial charge in [0.15, 0.2) is 11.5 Å². The van der Waals surface area contributed by atoms with Crippen LogP contribution in [0.5, 0.6) is 0 Å². The van der Waals surface area contributed by atoms with E-state index in [1.54, 1.807) is 19.9 Å². The topological polar surface area (TPSA) is 101 Å². The first-order valence-corrected chi connectivity index (χ1v) is 12.8. The summed E-state index contributed by atoms with van der Waals surface area (Å²) in [6, 6.07) is 0. The number of aliphatic hydroxyl groups excluding tert-OH is 2. The summed E-state index contributed by atoms with van der Waals surface area (Å²) in [5.41, 5.74) is 3.00. The van der Waals surface area contributed by atoms with Crippen molar-refractivity contribution in [2.75, 3.05) is 7.11 Å². The van der Waals surface area contributed by atoms with E-state index in [0.717, 1.165) is 35.1 Å². The van der Waals surface area contributed by atoms with Crippen molar-refractivity contribution >= 4 is 17.5 Å². The molecule has 0 spiro atoms. The van der Waals surface area contributed by atoms with Crippen molar-refractivity contribution in [1.29, 1.82) is 0 Å². The molecule has 0 saturated heterocycles. The van der Waals surface area contributed by atoms with Gasteiger partial charge in [-0.05, 0) is 86.2 Å². The van der Waals surface area contributed by atoms with E-state index in [1.807, 2.05) is 13.0 Å². The number of carbonyl (C=O) groups excluding carboxylic acids is 3. The molecule has 5 rings (SSSR count). The average molecular weight is 493 g/mol. The van der Waals surface area contributed by atoms with Crippen molar-refractivity contribution in [3.63, 3.8) is 0 Å². The Bertz CT molecular complexity index is 1290. The molecule has 2 N–H and O–H groups in total. The molecule has 6 nitrogen and oxygen atoms in total. The van der Waals surface area contributed by atoms with Gasteiger partial charge in [0.2, 0.25) is 5.78 Å². The van der Waals surface area contributed by atoms with Gasteiger partial charge in [0.1, 0.15) is 6.10 Å². The first-order valence-electron chi connectivity index (χ1n) is 12.8. The van der Waals surface area contributed by atoms with E-state index in [0.29, 0.717) is 18.4 Å². The largest absolute Gasteiger partial charge is 0.504 e. The molecule has 0 bridgehead atoms. The second-order valence-electron chi connectivity index (χ2n) is 12.5. The predicted molar refractivity (Wildman–Crippen MR) is 135 cm³/mol. The minimum absolute atomic E-state index is 0.160. The van der Waals surface area contributed by atoms with Crippen LogP contribution in [-0.4, -0.2) is 41.0 Å². The molecular weight excluding hydrogens is 456 g/mol. The number of hydrogen-bond acceptors (Lipinski definition) is 6. The Kier molecular flexibility index (Phi) is 5.13. The number of ether oxygens (including phenoxy) is 1. The molecule has 6 heteroatoms. The Labute approximate surface area is 212 Å². The van der Waals surface area contributed by atoms with E-state index < -0.39 is 33.7 Å². The van der Waals surface area contributed by atoms with E-state index in [2.05, 4.69) is 26.8 Å². The number of allylic oxidation sites excluding steroid dienone is 9. The lowest BCUT2D eigenvalue weighted by atomic mass is 9.40. The summed E-state index contributed by atoms with van der Waals surface area (Å²) in [7, 11) is 1.30. The van der Waals surface area contributed by atoms with Crippen LogP contribution in [0.3, 0.4) is 0 Å². The molecule has 192 valence electrons. The maximum Gasteiger partial charge on any atom is 0.314 e. The third-order valence-electron chi connectivity index (χ3n) is 10.4. The Morgan fingerprint density at radius 1 is 1.03 bits per heavy atom. The van der Waals surface area contributed by atoms with Crippen molar-refractivity contribution in [2.45, 2.75) is 73.3 Å². The van der Waals surface area contributed by atoms with E-state index >= 15 is 0 Å². The number of esters is 1. The zero-order chi connectivity index (χ0) is 26.6. The molecule has 2 saturated carbocycles. The normalized spacial score (nSPS) is 41.9. The van der Waals surface area contributed by atoms with Gasteiger partial charge in [-0.2, -0.15) is 0 Å². The van der Waals surface area contributed by atoms with E-state index in [9.17, 15) is 24.6 Å². The highest BCUT2D eigenvalue weighted by atomic mass is 16.5. The van der Waals surface area contributed by atoms with Crippen LogP contribution < -0.4 is 0 Å². The smallest absolute Gasteiger partial charge is 0.314 e. The van der Waals surface area contributed by atoms with Gasteiger partial charge in [0, 0.05) is 16.4 Å². The van der Waals surface area contributed by atoms with Crippen LogP contribution in [0.25, 0.3) is 0 Å². The molecule has 0 aliphatic heterocycles. The third-order valence-corrected chi connectivity index (χ3v) is 10.4. The molecule has 0 radical (unpaired) electrons. The Morgan fingerprint density at radius 2 is 1.69 bits per heavy atom. The van der Waals surface area contributed by atoms with Gasteiger partial charge in [-0.1, -0.05) is 38.5 Å². The molecule has 5 aliphatic carbocycles. The fourth-order valence-corrected chi connectivity index (χ4v) is 8.34. The molecular formula is C30H36O6. The van der Waals surface area contributed by atoms with E-state index in [1.165, 1.54) is 12.7 Å². The summed E-state index contributed by atoms with van der Waals surface area (Å²) >= 11 is 0. The third kappa shape index (κ3) is 2.79. The lowest BCUT2D eigenvalue weighted by molar-refractivity contribution is -0.184. The minimum Gasteiger partial charge on any atom is -0.504 e. The quantitative estimate of drug-likeness (QED) is 0.507. The van der Waals surface area contributed by atoms with Crippen LogP contribution in [0.2, 0.25) is 0 Å². The Balaban J connectivity index is 1.70. The predicted octanol–water partition coefficient (Wildman–Crippen LogP) is 4.86. The fourth-order valence-electron chi connectivity index (χ4n) is 8.34. The maximum atomic E-state index is 13.7. The summed E-state index contributed by atoms with van der Waals surface area (Å²) < 4.78 is 5.06. The van der Waals surface area contributed by atoms with Crippen LogP contribution in [0.1, 0.15) is 67.2 Å². The van der Waals surface area contributed by atoms with E-state index in [-0.39, 0.29) is 23.2 Å². The van der Waals surface area contributed by atoms with Crippen molar-refractivity contribution in [3.8, 4) is 0 Å². The second-order valence-corrected chi connectivity index (χ2v) is 12.5. The number of ketones is 2. The monoisotopic (exact) mass is 492 g/mol. The highest BCUT2D eigenvalue weighted by Gasteiger charge is 2.67. The number of Topliss-reactive ketones (excluding diaryl/α,β-unsaturated/α-hetero) is 1. The summed E-state index contributed by atoms with van der Waals surface area (Å²) in [4.78, 5) is 39.2. The molecule has 2 fully saturated rings. The van der Waals surface area contributed by atoms with Crippen LogP contribution in [0.4, 0.5) is 0 Å². The van der Waals surface area contributed by atoms with Crippen LogP contribution in [-0.2, 0) is 19.1 Å². The number of carbonyl (C=O) groups is 3. The SMILES string of the molecule is COC(=O)[C@]1(C)C[C@H]2[C@@](C)(CC(C)=C3C4=CC=C5C(=CC(=O)C(O)=C5C)[C@@]4(C)CC[C@@]32C)C(=O)[C@H]1O. The van der Waals surface area contributed by atoms with Gasteiger partial charge in [0.25, 0.3) is 0 Å². The zero-order valence-electron chi connectivity index (χ0n) is 22.2. The van der Waals surface area contributed by atoms with Crippen molar-refractivity contribution in [1.82, 2.24) is 0 Å². The lowest BCUT2D eigenvalue weighted by Gasteiger charge is -2.63. The number of methoxy groups -OCH3 is 1. The van der Waals surface area contributed by atoms with Gasteiger partial charge in [-0.25, -0.2) is 0 Å². The Morgan fingerprint density at radius 3 is 2.33 bits per heavy atom. The van der Waals surface area contributed by atoms with Gasteiger partial charge in [0.05, 0.1) is 12.5 Å². The number of fused-ring (bicyclic) bond motifs is 7. The first kappa shape index (κ1) is 24.9. The highest BCUT2D eigenvalue weighted by molar-refractivity contribution is 6.06. The van der Waals surface area contributed by atoms with Crippen LogP contribution in [0.15, 0.2) is 57.4 Å². The van der Waals surface area contributed by atoms with Gasteiger partial charge in [-0.15, -0.1) is 0 Å². The molecule has 36 heavy (non-hydrogen) atoms. The minimum atomic E-state index is -1.40. The lowest BCUT2D eigenvalue weighted by Crippen LogP contribution is -2.64. The number of aliphatic hydroxyl groups is 2. The van der Waals surface area contributed by atoms with Gasteiger partial charge >= 0.3 is 5.97 Å². The summed E-state index contributed by atoms with van der Waals surface area (Å²) in [5, 5.41) is 21.3. The van der Waals surface area contributed by atoms with Crippen LogP contribution in [0, 0.1) is 27.6 Å². The molecule has 0 aromatic carbocycles. The average Bonchev–Trinajstić information content (AvgIpc) is 2.83. The van der Waals surface area contributed by atoms with Crippen molar-refractivity contribution in [2.24, 2.45) is 27.6 Å². The molecule has 6 atom stereocenters. The van der Waals surface area contributed by atoms with Gasteiger partial charge < -0.3 is 14.9 Å². The van der Waals surface area contributed by atoms with Crippen molar-refractivity contribution in [3.05, 3.63) is 57.4 Å². The molecule has 0 aromatic heterocycles. The molecule has 0 amide bonds. The summed E-state index contributed by atoms with van der Waals surface area (Å²) in [6.07, 6.45) is 6.69. The van der Waals surface area contributed by atoms with E-state index in [4.69, 9.17) is 4.74 Å². The van der Waals surface area contributed by atoms with Crippen LogP contribution >= 0.6 is 0 Å². The molecule has 0 unspecified atom stereocenters. The zero-order valence-corrected chi connectivity index (χ0v) is 22.2. The maximum absolute atomic E-state index is 13.7. The number of rotatable bonds is 1. The molecule has 0 heterocycles. The summed E-state index contributed by atoms with van der Waals surface area (Å²) in [5.74, 6) is -1.56. The standard InChI is InChI=1S/C30H36O6/c1-15-13-29(5)21(14-30(6,26(35)36-7)25(34)24(29)33)28(4)11-10-27(3)18(22(15)28)9-8-17-16(2)23(32)20(31)12-19(17)27/h8-9,12,21,25,32,34H,10-11,13-14H2,1-7H3/t21-,25-,27+,28-,29-,30-/m1/s1. The highest BCUT2D eigenvalue weighted by Crippen LogP contribution is 2.70. The van der Waals surface area contributed by atoms with Gasteiger partial charge in [-0.3, -0.25) is 14.4 Å². The molecule has 0 aromatic rings.